The molecular weight excluding hydrogens is 494 g/mol. The number of aromatic nitrogens is 1. The molecule has 1 unspecified atom stereocenters. The van der Waals surface area contributed by atoms with Crippen LogP contribution >= 0.6 is 11.6 Å². The van der Waals surface area contributed by atoms with Crippen LogP contribution in [0.3, 0.4) is 0 Å². The van der Waals surface area contributed by atoms with Gasteiger partial charge in [0.05, 0.1) is 17.1 Å². The minimum absolute atomic E-state index is 0.0408. The second kappa shape index (κ2) is 13.1. The molecule has 2 aromatic carbocycles. The third-order valence-electron chi connectivity index (χ3n) is 7.40. The summed E-state index contributed by atoms with van der Waals surface area (Å²) in [6, 6.07) is 19.3. The number of para-hydroxylation sites is 2. The lowest BCUT2D eigenvalue weighted by Gasteiger charge is -2.40. The first-order valence-corrected chi connectivity index (χ1v) is 14.4. The average molecular weight is 534 g/mol. The first-order chi connectivity index (χ1) is 18.4. The normalized spacial score (nSPS) is 14.3. The van der Waals surface area contributed by atoms with Crippen LogP contribution in [0, 0.1) is 0 Å². The summed E-state index contributed by atoms with van der Waals surface area (Å²) in [5, 5.41) is 0.626. The number of carbonyl (C=O) groups is 2. The van der Waals surface area contributed by atoms with E-state index in [0.29, 0.717) is 11.4 Å². The van der Waals surface area contributed by atoms with Gasteiger partial charge in [0, 0.05) is 23.7 Å². The molecule has 0 saturated heterocycles. The summed E-state index contributed by atoms with van der Waals surface area (Å²) >= 11 is 6.39. The third-order valence-corrected chi connectivity index (χ3v) is 7.63. The van der Waals surface area contributed by atoms with Crippen molar-refractivity contribution < 1.29 is 9.59 Å². The number of carbonyl (C=O) groups excluding carboxylic acids is 2. The summed E-state index contributed by atoms with van der Waals surface area (Å²) in [5.41, 5.74) is 3.70. The van der Waals surface area contributed by atoms with Gasteiger partial charge in [-0.2, -0.15) is 0 Å². The molecule has 3 aromatic rings. The number of rotatable bonds is 12. The van der Waals surface area contributed by atoms with E-state index in [1.54, 1.807) is 4.90 Å². The van der Waals surface area contributed by atoms with Crippen LogP contribution in [-0.2, 0) is 9.59 Å². The maximum Gasteiger partial charge on any atom is 0.247 e. The van der Waals surface area contributed by atoms with Crippen molar-refractivity contribution in [2.75, 3.05) is 11.4 Å². The van der Waals surface area contributed by atoms with Crippen LogP contribution in [0.4, 0.5) is 5.69 Å². The number of benzene rings is 2. The summed E-state index contributed by atoms with van der Waals surface area (Å²) in [6.45, 7) is 6.23. The van der Waals surface area contributed by atoms with Crippen molar-refractivity contribution in [1.82, 2.24) is 9.47 Å². The van der Waals surface area contributed by atoms with E-state index >= 15 is 0 Å². The molecule has 2 amide bonds. The molecule has 0 spiro atoms. The highest BCUT2D eigenvalue weighted by atomic mass is 35.5. The van der Waals surface area contributed by atoms with Gasteiger partial charge in [-0.3, -0.25) is 14.5 Å². The third kappa shape index (κ3) is 6.32. The van der Waals surface area contributed by atoms with Gasteiger partial charge >= 0.3 is 0 Å². The van der Waals surface area contributed by atoms with Crippen LogP contribution in [0.15, 0.2) is 66.9 Å². The molecule has 38 heavy (non-hydrogen) atoms. The molecular formula is C32H40ClN3O2. The first kappa shape index (κ1) is 28.0. The molecule has 1 aliphatic rings. The summed E-state index contributed by atoms with van der Waals surface area (Å²) in [7, 11) is 0. The fourth-order valence-electron chi connectivity index (χ4n) is 5.41. The maximum absolute atomic E-state index is 14.1. The number of unbranched alkanes of at least 4 members (excludes halogenated alkanes) is 6. The molecule has 5 nitrogen and oxygen atoms in total. The van der Waals surface area contributed by atoms with Crippen molar-refractivity contribution in [3.63, 3.8) is 0 Å². The zero-order valence-electron chi connectivity index (χ0n) is 22.9. The van der Waals surface area contributed by atoms with Crippen LogP contribution in [0.1, 0.15) is 89.4 Å². The standard InChI is InChI=1S/C32H40ClN3O2/c1-4-5-6-7-8-9-10-20-30(37)35(24(2)3)23-31(38)36-28-18-12-11-17-27(28)34-21-14-19-29(34)32(36)25-15-13-16-26(33)22-25/h11-19,21-22,24,32H,4-10,20,23H2,1-3H3. The van der Waals surface area contributed by atoms with E-state index in [2.05, 4.69) is 11.5 Å². The highest BCUT2D eigenvalue weighted by molar-refractivity contribution is 6.30. The molecule has 0 radical (unpaired) electrons. The minimum Gasteiger partial charge on any atom is -0.331 e. The number of hydrogen-bond donors (Lipinski definition) is 0. The highest BCUT2D eigenvalue weighted by Gasteiger charge is 2.37. The van der Waals surface area contributed by atoms with Gasteiger partial charge in [0.25, 0.3) is 0 Å². The first-order valence-electron chi connectivity index (χ1n) is 14.1. The van der Waals surface area contributed by atoms with Crippen molar-refractivity contribution in [2.45, 2.75) is 84.2 Å². The molecule has 0 fully saturated rings. The Kier molecular flexibility index (Phi) is 9.68. The second-order valence-corrected chi connectivity index (χ2v) is 10.9. The van der Waals surface area contributed by atoms with Crippen molar-refractivity contribution in [2.24, 2.45) is 0 Å². The van der Waals surface area contributed by atoms with Gasteiger partial charge in [-0.05, 0) is 62.2 Å². The van der Waals surface area contributed by atoms with E-state index in [0.717, 1.165) is 35.5 Å². The average Bonchev–Trinajstić information content (AvgIpc) is 3.40. The van der Waals surface area contributed by atoms with Gasteiger partial charge in [-0.25, -0.2) is 0 Å². The Hall–Kier alpha value is -3.05. The smallest absolute Gasteiger partial charge is 0.247 e. The van der Waals surface area contributed by atoms with Crippen molar-refractivity contribution in [1.29, 1.82) is 0 Å². The van der Waals surface area contributed by atoms with Gasteiger partial charge in [0.2, 0.25) is 11.8 Å². The van der Waals surface area contributed by atoms with E-state index in [4.69, 9.17) is 11.6 Å². The zero-order chi connectivity index (χ0) is 27.1. The van der Waals surface area contributed by atoms with Crippen LogP contribution in [-0.4, -0.2) is 33.9 Å². The Morgan fingerprint density at radius 2 is 1.61 bits per heavy atom. The Labute approximate surface area is 232 Å². The van der Waals surface area contributed by atoms with E-state index in [1.807, 2.05) is 85.6 Å². The van der Waals surface area contributed by atoms with E-state index in [1.165, 1.54) is 32.1 Å². The lowest BCUT2D eigenvalue weighted by atomic mass is 9.97. The quantitative estimate of drug-likeness (QED) is 0.222. The topological polar surface area (TPSA) is 45.6 Å². The molecule has 6 heteroatoms. The molecule has 0 bridgehead atoms. The summed E-state index contributed by atoms with van der Waals surface area (Å²) < 4.78 is 2.14. The van der Waals surface area contributed by atoms with E-state index in [9.17, 15) is 9.59 Å². The fourth-order valence-corrected chi connectivity index (χ4v) is 5.61. The van der Waals surface area contributed by atoms with Crippen molar-refractivity contribution in [3.05, 3.63) is 83.1 Å². The molecule has 0 N–H and O–H groups in total. The zero-order valence-corrected chi connectivity index (χ0v) is 23.7. The van der Waals surface area contributed by atoms with E-state index in [-0.39, 0.29) is 30.4 Å². The molecule has 1 aliphatic heterocycles. The second-order valence-electron chi connectivity index (χ2n) is 10.5. The predicted molar refractivity (Wildman–Crippen MR) is 156 cm³/mol. The lowest BCUT2D eigenvalue weighted by Crippen LogP contribution is -2.48. The number of fused-ring (bicyclic) bond motifs is 3. The highest BCUT2D eigenvalue weighted by Crippen LogP contribution is 2.42. The maximum atomic E-state index is 14.1. The molecule has 202 valence electrons. The SMILES string of the molecule is CCCCCCCCCC(=O)N(CC(=O)N1c2ccccc2-n2cccc2C1c1cccc(Cl)c1)C(C)C. The van der Waals surface area contributed by atoms with Crippen molar-refractivity contribution >= 4 is 29.1 Å². The predicted octanol–water partition coefficient (Wildman–Crippen LogP) is 7.94. The Bertz CT molecular complexity index is 1230. The molecule has 2 heterocycles. The van der Waals surface area contributed by atoms with Crippen LogP contribution < -0.4 is 4.90 Å². The summed E-state index contributed by atoms with van der Waals surface area (Å²) in [4.78, 5) is 31.0. The molecule has 0 aliphatic carbocycles. The number of anilines is 1. The van der Waals surface area contributed by atoms with Crippen LogP contribution in [0.25, 0.3) is 5.69 Å². The number of amides is 2. The van der Waals surface area contributed by atoms with Crippen LogP contribution in [0.2, 0.25) is 5.02 Å². The largest absolute Gasteiger partial charge is 0.331 e. The Morgan fingerprint density at radius 3 is 2.32 bits per heavy atom. The van der Waals surface area contributed by atoms with Crippen LogP contribution in [0.5, 0.6) is 0 Å². The molecule has 0 saturated carbocycles. The molecule has 1 aromatic heterocycles. The Balaban J connectivity index is 1.56. The van der Waals surface area contributed by atoms with E-state index < -0.39 is 0 Å². The van der Waals surface area contributed by atoms with Gasteiger partial charge in [-0.15, -0.1) is 0 Å². The number of hydrogen-bond acceptors (Lipinski definition) is 2. The van der Waals surface area contributed by atoms with Gasteiger partial charge in [-0.1, -0.05) is 81.3 Å². The molecule has 4 rings (SSSR count). The monoisotopic (exact) mass is 533 g/mol. The Morgan fingerprint density at radius 1 is 0.895 bits per heavy atom. The van der Waals surface area contributed by atoms with Gasteiger partial charge in [0.15, 0.2) is 0 Å². The van der Waals surface area contributed by atoms with Gasteiger partial charge < -0.3 is 9.47 Å². The number of nitrogens with zero attached hydrogens (tertiary/aromatic N) is 3. The minimum atomic E-state index is -0.349. The molecule has 1 atom stereocenters. The fraction of sp³-hybridized carbons (Fsp3) is 0.438. The van der Waals surface area contributed by atoms with Crippen molar-refractivity contribution in [3.8, 4) is 5.69 Å². The summed E-state index contributed by atoms with van der Waals surface area (Å²) in [5.74, 6) is -0.0497. The summed E-state index contributed by atoms with van der Waals surface area (Å²) in [6.07, 6.45) is 10.6. The lowest BCUT2D eigenvalue weighted by molar-refractivity contribution is -0.137. The number of halogens is 1. The van der Waals surface area contributed by atoms with Gasteiger partial charge in [0.1, 0.15) is 12.6 Å².